The van der Waals surface area contributed by atoms with Crippen LogP contribution in [-0.4, -0.2) is 13.1 Å². The summed E-state index contributed by atoms with van der Waals surface area (Å²) < 4.78 is 0. The van der Waals surface area contributed by atoms with E-state index in [2.05, 4.69) is 25.8 Å². The third kappa shape index (κ3) is 3.15. The quantitative estimate of drug-likeness (QED) is 0.744. The van der Waals surface area contributed by atoms with Crippen LogP contribution in [0.25, 0.3) is 0 Å². The van der Waals surface area contributed by atoms with E-state index < -0.39 is 0 Å². The van der Waals surface area contributed by atoms with E-state index in [1.807, 2.05) is 24.3 Å². The molecule has 0 spiro atoms. The van der Waals surface area contributed by atoms with Crippen molar-refractivity contribution >= 4 is 23.8 Å². The molecule has 0 aliphatic carbocycles. The SMILES string of the molecule is CC(C)N(C)c1ccc(N)cc1.Cl. The Hall–Kier alpha value is -0.890. The van der Waals surface area contributed by atoms with E-state index in [-0.39, 0.29) is 12.4 Å². The van der Waals surface area contributed by atoms with Crippen LogP contribution in [0, 0.1) is 0 Å². The van der Waals surface area contributed by atoms with Crippen molar-refractivity contribution in [3.05, 3.63) is 24.3 Å². The molecule has 0 saturated carbocycles. The van der Waals surface area contributed by atoms with E-state index in [1.165, 1.54) is 5.69 Å². The van der Waals surface area contributed by atoms with Crippen LogP contribution >= 0.6 is 12.4 Å². The van der Waals surface area contributed by atoms with Gasteiger partial charge in [-0.1, -0.05) is 0 Å². The molecule has 1 aromatic carbocycles. The minimum atomic E-state index is 0. The van der Waals surface area contributed by atoms with Crippen LogP contribution in [-0.2, 0) is 0 Å². The first-order chi connectivity index (χ1) is 5.61. The van der Waals surface area contributed by atoms with E-state index in [0.29, 0.717) is 6.04 Å². The number of nitrogens with zero attached hydrogens (tertiary/aromatic N) is 1. The summed E-state index contributed by atoms with van der Waals surface area (Å²) in [4.78, 5) is 2.21. The lowest BCUT2D eigenvalue weighted by atomic mass is 10.2. The topological polar surface area (TPSA) is 29.3 Å². The van der Waals surface area contributed by atoms with Crippen LogP contribution in [0.4, 0.5) is 11.4 Å². The summed E-state index contributed by atoms with van der Waals surface area (Å²) in [6, 6.07) is 8.45. The van der Waals surface area contributed by atoms with Gasteiger partial charge in [0, 0.05) is 24.5 Å². The maximum atomic E-state index is 5.58. The number of hydrogen-bond donors (Lipinski definition) is 1. The minimum absolute atomic E-state index is 0. The zero-order chi connectivity index (χ0) is 9.14. The average Bonchev–Trinajstić information content (AvgIpc) is 2.04. The summed E-state index contributed by atoms with van der Waals surface area (Å²) >= 11 is 0. The van der Waals surface area contributed by atoms with Gasteiger partial charge in [0.1, 0.15) is 0 Å². The maximum Gasteiger partial charge on any atom is 0.0367 e. The second-order valence-corrected chi connectivity index (χ2v) is 3.30. The molecule has 2 nitrogen and oxygen atoms in total. The molecule has 3 heteroatoms. The number of anilines is 2. The molecule has 74 valence electrons. The van der Waals surface area contributed by atoms with Gasteiger partial charge in [-0.05, 0) is 38.1 Å². The van der Waals surface area contributed by atoms with Gasteiger partial charge in [-0.15, -0.1) is 12.4 Å². The molecule has 2 N–H and O–H groups in total. The lowest BCUT2D eigenvalue weighted by Gasteiger charge is -2.23. The number of benzene rings is 1. The van der Waals surface area contributed by atoms with Gasteiger partial charge >= 0.3 is 0 Å². The van der Waals surface area contributed by atoms with Crippen LogP contribution in [0.1, 0.15) is 13.8 Å². The number of hydrogen-bond acceptors (Lipinski definition) is 2. The van der Waals surface area contributed by atoms with Crippen molar-refractivity contribution in [1.29, 1.82) is 0 Å². The molecule has 0 aliphatic heterocycles. The van der Waals surface area contributed by atoms with Crippen molar-refractivity contribution in [3.63, 3.8) is 0 Å². The van der Waals surface area contributed by atoms with Crippen molar-refractivity contribution < 1.29 is 0 Å². The van der Waals surface area contributed by atoms with Gasteiger partial charge < -0.3 is 10.6 Å². The molecule has 1 aromatic rings. The lowest BCUT2D eigenvalue weighted by molar-refractivity contribution is 0.755. The Bertz CT molecular complexity index is 244. The van der Waals surface area contributed by atoms with Gasteiger partial charge in [0.2, 0.25) is 0 Å². The highest BCUT2D eigenvalue weighted by Crippen LogP contribution is 2.16. The van der Waals surface area contributed by atoms with E-state index in [0.717, 1.165) is 5.69 Å². The van der Waals surface area contributed by atoms with E-state index in [1.54, 1.807) is 0 Å². The molecule has 1 rings (SSSR count). The summed E-state index contributed by atoms with van der Waals surface area (Å²) in [5.41, 5.74) is 7.61. The molecular weight excluding hydrogens is 184 g/mol. The average molecular weight is 201 g/mol. The second-order valence-electron chi connectivity index (χ2n) is 3.30. The Kier molecular flexibility index (Phi) is 4.63. The first-order valence-electron chi connectivity index (χ1n) is 4.19. The van der Waals surface area contributed by atoms with Gasteiger partial charge in [0.15, 0.2) is 0 Å². The van der Waals surface area contributed by atoms with Gasteiger partial charge in [0.25, 0.3) is 0 Å². The Balaban J connectivity index is 0.00000144. The zero-order valence-electron chi connectivity index (χ0n) is 8.32. The van der Waals surface area contributed by atoms with Crippen molar-refractivity contribution in [3.8, 4) is 0 Å². The van der Waals surface area contributed by atoms with Crippen molar-refractivity contribution in [2.24, 2.45) is 0 Å². The fourth-order valence-corrected chi connectivity index (χ4v) is 1.01. The first-order valence-corrected chi connectivity index (χ1v) is 4.19. The molecule has 0 aromatic heterocycles. The highest BCUT2D eigenvalue weighted by Gasteiger charge is 2.02. The normalized spacial score (nSPS) is 9.54. The Labute approximate surface area is 86.1 Å². The van der Waals surface area contributed by atoms with Crippen molar-refractivity contribution in [2.75, 3.05) is 17.7 Å². The molecule has 0 heterocycles. The Morgan fingerprint density at radius 3 is 2.00 bits per heavy atom. The summed E-state index contributed by atoms with van der Waals surface area (Å²) in [7, 11) is 2.08. The molecule has 0 amide bonds. The lowest BCUT2D eigenvalue weighted by Crippen LogP contribution is -2.25. The second kappa shape index (κ2) is 4.97. The minimum Gasteiger partial charge on any atom is -0.399 e. The van der Waals surface area contributed by atoms with E-state index in [9.17, 15) is 0 Å². The number of rotatable bonds is 2. The van der Waals surface area contributed by atoms with Crippen LogP contribution < -0.4 is 10.6 Å². The largest absolute Gasteiger partial charge is 0.399 e. The molecule has 0 fully saturated rings. The standard InChI is InChI=1S/C10H16N2.ClH/c1-8(2)12(3)10-6-4-9(11)5-7-10;/h4-8H,11H2,1-3H3;1H. The maximum absolute atomic E-state index is 5.58. The smallest absolute Gasteiger partial charge is 0.0367 e. The predicted octanol–water partition coefficient (Wildman–Crippen LogP) is 2.54. The molecule has 0 bridgehead atoms. The molecule has 0 atom stereocenters. The van der Waals surface area contributed by atoms with Crippen molar-refractivity contribution in [2.45, 2.75) is 19.9 Å². The number of nitrogens with two attached hydrogens (primary N) is 1. The Morgan fingerprint density at radius 1 is 1.15 bits per heavy atom. The Morgan fingerprint density at radius 2 is 1.62 bits per heavy atom. The predicted molar refractivity (Wildman–Crippen MR) is 61.6 cm³/mol. The fraction of sp³-hybridized carbons (Fsp3) is 0.400. The van der Waals surface area contributed by atoms with Crippen LogP contribution in [0.2, 0.25) is 0 Å². The summed E-state index contributed by atoms with van der Waals surface area (Å²) in [6.07, 6.45) is 0. The van der Waals surface area contributed by atoms with Gasteiger partial charge in [-0.2, -0.15) is 0 Å². The highest BCUT2D eigenvalue weighted by molar-refractivity contribution is 5.85. The van der Waals surface area contributed by atoms with Gasteiger partial charge in [-0.3, -0.25) is 0 Å². The van der Waals surface area contributed by atoms with E-state index >= 15 is 0 Å². The van der Waals surface area contributed by atoms with Gasteiger partial charge in [0.05, 0.1) is 0 Å². The van der Waals surface area contributed by atoms with Crippen LogP contribution in [0.15, 0.2) is 24.3 Å². The fourth-order valence-electron chi connectivity index (χ4n) is 1.01. The number of nitrogen functional groups attached to an aromatic ring is 1. The first kappa shape index (κ1) is 12.1. The molecule has 0 unspecified atom stereocenters. The monoisotopic (exact) mass is 200 g/mol. The third-order valence-corrected chi connectivity index (χ3v) is 2.07. The molecule has 0 saturated heterocycles. The van der Waals surface area contributed by atoms with Crippen LogP contribution in [0.3, 0.4) is 0 Å². The highest BCUT2D eigenvalue weighted by atomic mass is 35.5. The van der Waals surface area contributed by atoms with Crippen LogP contribution in [0.5, 0.6) is 0 Å². The molecule has 0 aliphatic rings. The zero-order valence-corrected chi connectivity index (χ0v) is 9.14. The van der Waals surface area contributed by atoms with Gasteiger partial charge in [-0.25, -0.2) is 0 Å². The summed E-state index contributed by atoms with van der Waals surface area (Å²) in [6.45, 7) is 4.33. The molecular formula is C10H17ClN2. The summed E-state index contributed by atoms with van der Waals surface area (Å²) in [5, 5.41) is 0. The van der Waals surface area contributed by atoms with E-state index in [4.69, 9.17) is 5.73 Å². The van der Waals surface area contributed by atoms with Crippen molar-refractivity contribution in [1.82, 2.24) is 0 Å². The molecule has 13 heavy (non-hydrogen) atoms. The number of halogens is 1. The summed E-state index contributed by atoms with van der Waals surface area (Å²) in [5.74, 6) is 0. The molecule has 0 radical (unpaired) electrons. The third-order valence-electron chi connectivity index (χ3n) is 2.07.